The van der Waals surface area contributed by atoms with Gasteiger partial charge in [-0.25, -0.2) is 4.39 Å². The minimum atomic E-state index is -0.865. The summed E-state index contributed by atoms with van der Waals surface area (Å²) in [6.07, 6.45) is 2.39. The average Bonchev–Trinajstić information content (AvgIpc) is 2.33. The highest BCUT2D eigenvalue weighted by Gasteiger charge is 2.16. The van der Waals surface area contributed by atoms with Crippen LogP contribution in [-0.4, -0.2) is 17.1 Å². The summed E-state index contributed by atoms with van der Waals surface area (Å²) in [6, 6.07) is 4.15. The van der Waals surface area contributed by atoms with Gasteiger partial charge >= 0.3 is 5.97 Å². The van der Waals surface area contributed by atoms with Crippen LogP contribution in [0.3, 0.4) is 0 Å². The monoisotopic (exact) mass is 317 g/mol. The van der Waals surface area contributed by atoms with Gasteiger partial charge in [-0.3, -0.25) is 4.79 Å². The summed E-state index contributed by atoms with van der Waals surface area (Å²) in [5.74, 6) is -1.20. The van der Waals surface area contributed by atoms with Crippen molar-refractivity contribution < 1.29 is 14.3 Å². The lowest BCUT2D eigenvalue weighted by Crippen LogP contribution is -2.36. The fourth-order valence-electron chi connectivity index (χ4n) is 1.64. The maximum Gasteiger partial charge on any atom is 0.320 e. The van der Waals surface area contributed by atoms with Crippen molar-refractivity contribution in [2.75, 3.05) is 0 Å². The molecule has 0 aromatic heterocycles. The van der Waals surface area contributed by atoms with Crippen molar-refractivity contribution in [3.05, 3.63) is 34.1 Å². The smallest absolute Gasteiger partial charge is 0.320 e. The number of hydrogen-bond donors (Lipinski definition) is 2. The quantitative estimate of drug-likeness (QED) is 0.811. The number of benzene rings is 1. The third-order valence-corrected chi connectivity index (χ3v) is 3.60. The van der Waals surface area contributed by atoms with Crippen molar-refractivity contribution in [3.8, 4) is 0 Å². The van der Waals surface area contributed by atoms with Crippen molar-refractivity contribution in [1.82, 2.24) is 5.32 Å². The molecule has 1 rings (SSSR count). The number of carbonyl (C=O) groups is 1. The highest BCUT2D eigenvalue weighted by atomic mass is 79.9. The van der Waals surface area contributed by atoms with E-state index >= 15 is 0 Å². The maximum absolute atomic E-state index is 13.3. The second kappa shape index (κ2) is 7.48. The lowest BCUT2D eigenvalue weighted by Gasteiger charge is -2.14. The van der Waals surface area contributed by atoms with Crippen molar-refractivity contribution in [2.45, 2.75) is 38.8 Å². The van der Waals surface area contributed by atoms with Gasteiger partial charge in [-0.1, -0.05) is 31.9 Å². The van der Waals surface area contributed by atoms with E-state index in [1.807, 2.05) is 6.92 Å². The first-order chi connectivity index (χ1) is 8.56. The number of carboxylic acids is 1. The van der Waals surface area contributed by atoms with Crippen LogP contribution in [0.2, 0.25) is 0 Å². The zero-order valence-electron chi connectivity index (χ0n) is 10.2. The second-order valence-electron chi connectivity index (χ2n) is 4.13. The van der Waals surface area contributed by atoms with Gasteiger partial charge in [0.15, 0.2) is 0 Å². The predicted molar refractivity (Wildman–Crippen MR) is 71.9 cm³/mol. The molecule has 18 heavy (non-hydrogen) atoms. The molecule has 1 aromatic carbocycles. The summed E-state index contributed by atoms with van der Waals surface area (Å²) in [5.41, 5.74) is 0.720. The van der Waals surface area contributed by atoms with Crippen LogP contribution in [0.4, 0.5) is 4.39 Å². The first-order valence-corrected chi connectivity index (χ1v) is 6.74. The van der Waals surface area contributed by atoms with Gasteiger partial charge in [0.25, 0.3) is 0 Å². The van der Waals surface area contributed by atoms with Crippen LogP contribution >= 0.6 is 15.9 Å². The molecule has 0 saturated carbocycles. The molecule has 1 atom stereocenters. The molecule has 0 amide bonds. The minimum absolute atomic E-state index is 0.332. The number of carboxylic acid groups (broad SMARTS) is 1. The van der Waals surface area contributed by atoms with Crippen LogP contribution in [0.25, 0.3) is 0 Å². The van der Waals surface area contributed by atoms with Crippen LogP contribution in [0, 0.1) is 5.82 Å². The van der Waals surface area contributed by atoms with E-state index in [9.17, 15) is 9.18 Å². The Morgan fingerprint density at radius 1 is 1.56 bits per heavy atom. The normalized spacial score (nSPS) is 12.4. The van der Waals surface area contributed by atoms with Gasteiger partial charge in [0, 0.05) is 6.54 Å². The molecule has 3 nitrogen and oxygen atoms in total. The van der Waals surface area contributed by atoms with Crippen LogP contribution in [0.1, 0.15) is 31.7 Å². The number of unbranched alkanes of at least 4 members (excludes halogenated alkanes) is 1. The maximum atomic E-state index is 13.3. The van der Waals surface area contributed by atoms with Gasteiger partial charge in [-0.2, -0.15) is 0 Å². The lowest BCUT2D eigenvalue weighted by molar-refractivity contribution is -0.139. The molecule has 0 fully saturated rings. The largest absolute Gasteiger partial charge is 0.480 e. The Labute approximate surface area is 115 Å². The first-order valence-electron chi connectivity index (χ1n) is 5.95. The lowest BCUT2D eigenvalue weighted by atomic mass is 10.1. The number of aliphatic carboxylic acids is 1. The van der Waals surface area contributed by atoms with Gasteiger partial charge in [0.1, 0.15) is 11.9 Å². The summed E-state index contributed by atoms with van der Waals surface area (Å²) in [5, 5.41) is 12.0. The SMILES string of the molecule is CCCCC(NCc1cccc(F)c1Br)C(=O)O. The molecular formula is C13H17BrFNO2. The molecule has 0 heterocycles. The minimum Gasteiger partial charge on any atom is -0.480 e. The summed E-state index contributed by atoms with van der Waals surface area (Å²) < 4.78 is 13.7. The Morgan fingerprint density at radius 2 is 2.28 bits per heavy atom. The summed E-state index contributed by atoms with van der Waals surface area (Å²) in [4.78, 5) is 11.0. The molecule has 1 aromatic rings. The summed E-state index contributed by atoms with van der Waals surface area (Å²) >= 11 is 3.16. The van der Waals surface area contributed by atoms with E-state index in [1.54, 1.807) is 12.1 Å². The Kier molecular flexibility index (Phi) is 6.29. The Balaban J connectivity index is 2.61. The van der Waals surface area contributed by atoms with Crippen molar-refractivity contribution in [2.24, 2.45) is 0 Å². The van der Waals surface area contributed by atoms with Crippen LogP contribution in [0.5, 0.6) is 0 Å². The van der Waals surface area contributed by atoms with E-state index in [4.69, 9.17) is 5.11 Å². The van der Waals surface area contributed by atoms with E-state index in [0.29, 0.717) is 17.4 Å². The number of halogens is 2. The fraction of sp³-hybridized carbons (Fsp3) is 0.462. The van der Waals surface area contributed by atoms with E-state index in [-0.39, 0.29) is 5.82 Å². The third-order valence-electron chi connectivity index (χ3n) is 2.71. The van der Waals surface area contributed by atoms with E-state index in [2.05, 4.69) is 21.2 Å². The van der Waals surface area contributed by atoms with Gasteiger partial charge in [-0.05, 0) is 34.0 Å². The molecule has 0 aliphatic heterocycles. The highest BCUT2D eigenvalue weighted by molar-refractivity contribution is 9.10. The van der Waals surface area contributed by atoms with Crippen LogP contribution in [0.15, 0.2) is 22.7 Å². The number of hydrogen-bond acceptors (Lipinski definition) is 2. The van der Waals surface area contributed by atoms with E-state index in [1.165, 1.54) is 6.07 Å². The molecule has 5 heteroatoms. The zero-order chi connectivity index (χ0) is 13.5. The number of nitrogens with one attached hydrogen (secondary N) is 1. The Hall–Kier alpha value is -0.940. The van der Waals surface area contributed by atoms with Crippen LogP contribution in [-0.2, 0) is 11.3 Å². The van der Waals surface area contributed by atoms with Crippen molar-refractivity contribution >= 4 is 21.9 Å². The van der Waals surface area contributed by atoms with Gasteiger partial charge in [0.2, 0.25) is 0 Å². The van der Waals surface area contributed by atoms with Gasteiger partial charge in [0.05, 0.1) is 4.47 Å². The third kappa shape index (κ3) is 4.38. The van der Waals surface area contributed by atoms with Crippen molar-refractivity contribution in [3.63, 3.8) is 0 Å². The molecule has 100 valence electrons. The molecule has 0 saturated heterocycles. The zero-order valence-corrected chi connectivity index (χ0v) is 11.8. The molecule has 0 spiro atoms. The van der Waals surface area contributed by atoms with Gasteiger partial charge < -0.3 is 10.4 Å². The molecule has 0 radical (unpaired) electrons. The Bertz CT molecular complexity index is 412. The first kappa shape index (κ1) is 15.1. The van der Waals surface area contributed by atoms with Gasteiger partial charge in [-0.15, -0.1) is 0 Å². The predicted octanol–water partition coefficient (Wildman–Crippen LogP) is 3.32. The Morgan fingerprint density at radius 3 is 2.89 bits per heavy atom. The van der Waals surface area contributed by atoms with Crippen molar-refractivity contribution in [1.29, 1.82) is 0 Å². The summed E-state index contributed by atoms with van der Waals surface area (Å²) in [7, 11) is 0. The standard InChI is InChI=1S/C13H17BrFNO2/c1-2-3-7-11(13(17)18)16-8-9-5-4-6-10(15)12(9)14/h4-6,11,16H,2-3,7-8H2,1H3,(H,17,18). The molecule has 0 bridgehead atoms. The fourth-order valence-corrected chi connectivity index (χ4v) is 2.04. The molecule has 0 aliphatic rings. The average molecular weight is 318 g/mol. The van der Waals surface area contributed by atoms with E-state index in [0.717, 1.165) is 18.4 Å². The number of rotatable bonds is 7. The molecule has 2 N–H and O–H groups in total. The highest BCUT2D eigenvalue weighted by Crippen LogP contribution is 2.20. The van der Waals surface area contributed by atoms with E-state index < -0.39 is 12.0 Å². The molecule has 0 aliphatic carbocycles. The topological polar surface area (TPSA) is 49.3 Å². The molecule has 1 unspecified atom stereocenters. The summed E-state index contributed by atoms with van der Waals surface area (Å²) in [6.45, 7) is 2.35. The molecular weight excluding hydrogens is 301 g/mol. The van der Waals surface area contributed by atoms with Crippen LogP contribution < -0.4 is 5.32 Å². The second-order valence-corrected chi connectivity index (χ2v) is 4.92.